The van der Waals surface area contributed by atoms with E-state index in [2.05, 4.69) is 0 Å². The molecule has 0 radical (unpaired) electrons. The third-order valence-corrected chi connectivity index (χ3v) is 3.84. The summed E-state index contributed by atoms with van der Waals surface area (Å²) in [5.41, 5.74) is 0.902. The highest BCUT2D eigenvalue weighted by molar-refractivity contribution is 5.92. The Bertz CT molecular complexity index is 511. The topological polar surface area (TPSA) is 49.8 Å². The van der Waals surface area contributed by atoms with E-state index >= 15 is 0 Å². The molecule has 0 aromatic heterocycles. The molecule has 1 aromatic rings. The summed E-state index contributed by atoms with van der Waals surface area (Å²) >= 11 is 0. The Hall–Kier alpha value is -1.81. The summed E-state index contributed by atoms with van der Waals surface area (Å²) in [6, 6.07) is 7.66. The fraction of sp³-hybridized carbons (Fsp3) is 0.471. The summed E-state index contributed by atoms with van der Waals surface area (Å²) in [7, 11) is 0. The van der Waals surface area contributed by atoms with E-state index in [1.807, 2.05) is 31.2 Å². The van der Waals surface area contributed by atoms with Crippen molar-refractivity contribution in [2.75, 3.05) is 19.7 Å². The smallest absolute Gasteiger partial charge is 0.246 e. The maximum absolute atomic E-state index is 12.2. The molecule has 1 aromatic carbocycles. The molecule has 1 aliphatic rings. The number of rotatable bonds is 5. The van der Waals surface area contributed by atoms with Gasteiger partial charge in [-0.3, -0.25) is 4.79 Å². The Morgan fingerprint density at radius 3 is 2.95 bits per heavy atom. The molecule has 1 aliphatic heterocycles. The third-order valence-electron chi connectivity index (χ3n) is 3.84. The van der Waals surface area contributed by atoms with Crippen molar-refractivity contribution < 1.29 is 14.6 Å². The zero-order chi connectivity index (χ0) is 15.2. The number of ether oxygens (including phenoxy) is 1. The van der Waals surface area contributed by atoms with Gasteiger partial charge in [0.05, 0.1) is 12.7 Å². The Labute approximate surface area is 126 Å². The minimum Gasteiger partial charge on any atom is -0.493 e. The molecule has 4 nitrogen and oxygen atoms in total. The van der Waals surface area contributed by atoms with E-state index in [9.17, 15) is 9.90 Å². The second-order valence-electron chi connectivity index (χ2n) is 5.38. The normalized spacial score (nSPS) is 20.0. The number of hydrogen-bond donors (Lipinski definition) is 1. The number of aliphatic hydroxyl groups is 1. The Morgan fingerprint density at radius 2 is 2.29 bits per heavy atom. The lowest BCUT2D eigenvalue weighted by Gasteiger charge is -2.16. The minimum atomic E-state index is -0.356. The van der Waals surface area contributed by atoms with Crippen LogP contribution in [0.15, 0.2) is 30.3 Å². The van der Waals surface area contributed by atoms with Gasteiger partial charge in [0.1, 0.15) is 5.75 Å². The summed E-state index contributed by atoms with van der Waals surface area (Å²) in [6.45, 7) is 5.67. The van der Waals surface area contributed by atoms with Crippen LogP contribution in [0, 0.1) is 5.92 Å². The highest BCUT2D eigenvalue weighted by Gasteiger charge is 2.27. The number of carbonyl (C=O) groups is 1. The van der Waals surface area contributed by atoms with Crippen LogP contribution in [0.25, 0.3) is 6.08 Å². The highest BCUT2D eigenvalue weighted by Crippen LogP contribution is 2.22. The van der Waals surface area contributed by atoms with Crippen molar-refractivity contribution in [2.24, 2.45) is 5.92 Å². The number of likely N-dealkylation sites (tertiary alicyclic amines) is 1. The zero-order valence-electron chi connectivity index (χ0n) is 12.7. The number of carbonyl (C=O) groups excluding carboxylic acids is 1. The molecule has 0 aliphatic carbocycles. The van der Waals surface area contributed by atoms with Crippen LogP contribution in [0.2, 0.25) is 0 Å². The summed E-state index contributed by atoms with van der Waals surface area (Å²) in [5.74, 6) is 0.967. The van der Waals surface area contributed by atoms with E-state index in [0.29, 0.717) is 19.7 Å². The van der Waals surface area contributed by atoms with E-state index in [1.165, 1.54) is 0 Å². The van der Waals surface area contributed by atoms with Crippen LogP contribution in [-0.4, -0.2) is 41.7 Å². The second kappa shape index (κ2) is 7.27. The predicted octanol–water partition coefficient (Wildman–Crippen LogP) is 2.33. The molecule has 2 unspecified atom stereocenters. The second-order valence-corrected chi connectivity index (χ2v) is 5.38. The van der Waals surface area contributed by atoms with Gasteiger partial charge < -0.3 is 14.7 Å². The molecule has 2 rings (SSSR count). The van der Waals surface area contributed by atoms with Crippen molar-refractivity contribution in [3.63, 3.8) is 0 Å². The average Bonchev–Trinajstić information content (AvgIpc) is 2.96. The zero-order valence-corrected chi connectivity index (χ0v) is 12.7. The monoisotopic (exact) mass is 289 g/mol. The van der Waals surface area contributed by atoms with E-state index < -0.39 is 0 Å². The molecule has 0 bridgehead atoms. The van der Waals surface area contributed by atoms with Gasteiger partial charge in [0.15, 0.2) is 0 Å². The molecule has 114 valence electrons. The lowest BCUT2D eigenvalue weighted by atomic mass is 10.0. The summed E-state index contributed by atoms with van der Waals surface area (Å²) in [6.07, 6.45) is 3.89. The number of aliphatic hydroxyl groups excluding tert-OH is 1. The lowest BCUT2D eigenvalue weighted by Crippen LogP contribution is -2.28. The minimum absolute atomic E-state index is 0.00977. The molecule has 4 heteroatoms. The van der Waals surface area contributed by atoms with Crippen LogP contribution >= 0.6 is 0 Å². The highest BCUT2D eigenvalue weighted by atomic mass is 16.5. The van der Waals surface area contributed by atoms with Gasteiger partial charge in [0.25, 0.3) is 0 Å². The predicted molar refractivity (Wildman–Crippen MR) is 83.0 cm³/mol. The van der Waals surface area contributed by atoms with Gasteiger partial charge in [0, 0.05) is 30.6 Å². The van der Waals surface area contributed by atoms with Crippen molar-refractivity contribution in [1.82, 2.24) is 4.90 Å². The number of amides is 1. The van der Waals surface area contributed by atoms with E-state index in [4.69, 9.17) is 4.74 Å². The fourth-order valence-electron chi connectivity index (χ4n) is 2.55. The van der Waals surface area contributed by atoms with E-state index in [0.717, 1.165) is 17.7 Å². The van der Waals surface area contributed by atoms with Crippen LogP contribution in [0.5, 0.6) is 5.75 Å². The maximum atomic E-state index is 12.2. The Kier molecular flexibility index (Phi) is 5.39. The molecule has 1 heterocycles. The van der Waals surface area contributed by atoms with Crippen LogP contribution in [-0.2, 0) is 4.79 Å². The first-order valence-corrected chi connectivity index (χ1v) is 7.48. The standard InChI is InChI=1S/C17H23NO3/c1-3-21-16-7-5-4-6-14(16)8-9-17(20)18-11-10-15(12-18)13(2)19/h4-9,13,15,19H,3,10-12H2,1-2H3/b9-8+. The van der Waals surface area contributed by atoms with Crippen LogP contribution in [0.3, 0.4) is 0 Å². The number of benzene rings is 1. The van der Waals surface area contributed by atoms with Crippen molar-refractivity contribution in [3.8, 4) is 5.75 Å². The van der Waals surface area contributed by atoms with Gasteiger partial charge in [-0.15, -0.1) is 0 Å². The molecule has 0 saturated carbocycles. The first-order chi connectivity index (χ1) is 10.1. The summed E-state index contributed by atoms with van der Waals surface area (Å²) in [4.78, 5) is 14.0. The molecule has 1 amide bonds. The number of nitrogens with zero attached hydrogens (tertiary/aromatic N) is 1. The van der Waals surface area contributed by atoms with Gasteiger partial charge in [-0.05, 0) is 32.4 Å². The molecule has 1 fully saturated rings. The van der Waals surface area contributed by atoms with Crippen molar-refractivity contribution in [2.45, 2.75) is 26.4 Å². The summed E-state index contributed by atoms with van der Waals surface area (Å²) < 4.78 is 5.53. The lowest BCUT2D eigenvalue weighted by molar-refractivity contribution is -0.125. The Balaban J connectivity index is 2.00. The quantitative estimate of drug-likeness (QED) is 0.846. The van der Waals surface area contributed by atoms with E-state index in [1.54, 1.807) is 24.0 Å². The van der Waals surface area contributed by atoms with Crippen LogP contribution < -0.4 is 4.74 Å². The molecule has 1 N–H and O–H groups in total. The van der Waals surface area contributed by atoms with Crippen LogP contribution in [0.4, 0.5) is 0 Å². The number of hydrogen-bond acceptors (Lipinski definition) is 3. The fourth-order valence-corrected chi connectivity index (χ4v) is 2.55. The molecule has 0 spiro atoms. The largest absolute Gasteiger partial charge is 0.493 e. The molecule has 1 saturated heterocycles. The maximum Gasteiger partial charge on any atom is 0.246 e. The average molecular weight is 289 g/mol. The molecule has 2 atom stereocenters. The van der Waals surface area contributed by atoms with Gasteiger partial charge in [0.2, 0.25) is 5.91 Å². The van der Waals surface area contributed by atoms with Gasteiger partial charge >= 0.3 is 0 Å². The van der Waals surface area contributed by atoms with Crippen molar-refractivity contribution in [1.29, 1.82) is 0 Å². The summed E-state index contributed by atoms with van der Waals surface area (Å²) in [5, 5.41) is 9.58. The number of para-hydroxylation sites is 1. The van der Waals surface area contributed by atoms with Crippen molar-refractivity contribution in [3.05, 3.63) is 35.9 Å². The SMILES string of the molecule is CCOc1ccccc1/C=C/C(=O)N1CCC(C(C)O)C1. The molecular formula is C17H23NO3. The van der Waals surface area contributed by atoms with E-state index in [-0.39, 0.29) is 17.9 Å². The van der Waals surface area contributed by atoms with Crippen LogP contribution in [0.1, 0.15) is 25.8 Å². The van der Waals surface area contributed by atoms with Crippen molar-refractivity contribution >= 4 is 12.0 Å². The molecular weight excluding hydrogens is 266 g/mol. The van der Waals surface area contributed by atoms with Gasteiger partial charge in [-0.1, -0.05) is 18.2 Å². The van der Waals surface area contributed by atoms with Gasteiger partial charge in [-0.25, -0.2) is 0 Å². The Morgan fingerprint density at radius 1 is 1.52 bits per heavy atom. The van der Waals surface area contributed by atoms with Gasteiger partial charge in [-0.2, -0.15) is 0 Å². The third kappa shape index (κ3) is 4.08. The first kappa shape index (κ1) is 15.6. The molecule has 21 heavy (non-hydrogen) atoms. The first-order valence-electron chi connectivity index (χ1n) is 7.48.